The first-order chi connectivity index (χ1) is 11.0. The lowest BCUT2D eigenvalue weighted by Gasteiger charge is -2.24. The van der Waals surface area contributed by atoms with E-state index in [1.54, 1.807) is 12.1 Å². The summed E-state index contributed by atoms with van der Waals surface area (Å²) in [6.45, 7) is 0. The molecule has 0 saturated carbocycles. The average molecular weight is 316 g/mol. The topological polar surface area (TPSA) is 17.1 Å². The quantitative estimate of drug-likeness (QED) is 0.711. The molecule has 0 N–H and O–H groups in total. The van der Waals surface area contributed by atoms with Crippen molar-refractivity contribution in [1.82, 2.24) is 0 Å². The number of aryl methyl sites for hydroxylation is 1. The Bertz CT molecular complexity index is 759. The van der Waals surface area contributed by atoms with Gasteiger partial charge in [0.05, 0.1) is 11.5 Å². The number of allylic oxidation sites excluding steroid dienone is 1. The molecule has 0 spiro atoms. The average Bonchev–Trinajstić information content (AvgIpc) is 2.54. The molecular weight excluding hydrogens is 301 g/mol. The second kappa shape index (κ2) is 6.03. The van der Waals surface area contributed by atoms with Gasteiger partial charge in [-0.25, -0.2) is 0 Å². The van der Waals surface area contributed by atoms with Gasteiger partial charge >= 0.3 is 6.18 Å². The van der Waals surface area contributed by atoms with E-state index in [1.165, 1.54) is 6.07 Å². The maximum Gasteiger partial charge on any atom is 0.416 e. The summed E-state index contributed by atoms with van der Waals surface area (Å²) in [5.74, 6) is -0.380. The molecule has 0 fully saturated rings. The predicted molar refractivity (Wildman–Crippen MR) is 83.0 cm³/mol. The zero-order chi connectivity index (χ0) is 16.4. The maximum absolute atomic E-state index is 12.8. The number of alkyl halides is 3. The fourth-order valence-corrected chi connectivity index (χ4v) is 3.04. The van der Waals surface area contributed by atoms with Crippen LogP contribution in [0.5, 0.6) is 0 Å². The summed E-state index contributed by atoms with van der Waals surface area (Å²) in [6.07, 6.45) is -0.304. The first kappa shape index (κ1) is 15.5. The number of carbonyl (C=O) groups excluding carboxylic acids is 1. The Kier molecular flexibility index (Phi) is 4.07. The largest absolute Gasteiger partial charge is 0.416 e. The number of hydrogen-bond donors (Lipinski definition) is 0. The van der Waals surface area contributed by atoms with Gasteiger partial charge in [-0.2, -0.15) is 13.2 Å². The smallest absolute Gasteiger partial charge is 0.302 e. The van der Waals surface area contributed by atoms with Crippen molar-refractivity contribution in [1.29, 1.82) is 0 Å². The van der Waals surface area contributed by atoms with Crippen LogP contribution in [0.25, 0.3) is 6.08 Å². The third-order valence-electron chi connectivity index (χ3n) is 4.17. The van der Waals surface area contributed by atoms with Gasteiger partial charge in [0, 0.05) is 0 Å². The molecule has 1 unspecified atom stereocenters. The fourth-order valence-electron chi connectivity index (χ4n) is 3.04. The molecule has 0 bridgehead atoms. The number of carbonyl (C=O) groups is 1. The van der Waals surface area contributed by atoms with E-state index >= 15 is 0 Å². The van der Waals surface area contributed by atoms with E-state index < -0.39 is 11.7 Å². The second-order valence-electron chi connectivity index (χ2n) is 5.66. The van der Waals surface area contributed by atoms with Crippen molar-refractivity contribution in [3.63, 3.8) is 0 Å². The highest BCUT2D eigenvalue weighted by atomic mass is 19.4. The van der Waals surface area contributed by atoms with E-state index in [-0.39, 0.29) is 5.92 Å². The highest BCUT2D eigenvalue weighted by molar-refractivity contribution is 5.74. The van der Waals surface area contributed by atoms with Crippen LogP contribution in [0.3, 0.4) is 0 Å². The van der Waals surface area contributed by atoms with Gasteiger partial charge in [0.15, 0.2) is 0 Å². The summed E-state index contributed by atoms with van der Waals surface area (Å²) in [5.41, 5.74) is 2.74. The lowest BCUT2D eigenvalue weighted by molar-refractivity contribution is -0.137. The van der Waals surface area contributed by atoms with Crippen LogP contribution < -0.4 is 0 Å². The molecule has 2 aromatic carbocycles. The first-order valence-electron chi connectivity index (χ1n) is 7.40. The van der Waals surface area contributed by atoms with Crippen molar-refractivity contribution in [3.05, 3.63) is 76.4 Å². The van der Waals surface area contributed by atoms with Crippen LogP contribution in [0.2, 0.25) is 0 Å². The molecule has 3 rings (SSSR count). The summed E-state index contributed by atoms with van der Waals surface area (Å²) < 4.78 is 38.4. The summed E-state index contributed by atoms with van der Waals surface area (Å²) in [7, 11) is 0. The molecule has 118 valence electrons. The van der Waals surface area contributed by atoms with Crippen LogP contribution in [0, 0.1) is 0 Å². The standard InChI is InChI=1S/C19H15F3O/c20-19(21,22)16-6-3-4-13(11-16)10-15-9-8-14-5-1-2-7-17(14)18(15)12-23/h1-7,10-12,18H,8-9H2. The van der Waals surface area contributed by atoms with Crippen LogP contribution >= 0.6 is 0 Å². The van der Waals surface area contributed by atoms with E-state index in [4.69, 9.17) is 0 Å². The van der Waals surface area contributed by atoms with Crippen molar-refractivity contribution in [2.75, 3.05) is 0 Å². The molecular formula is C19H15F3O. The first-order valence-corrected chi connectivity index (χ1v) is 7.40. The summed E-state index contributed by atoms with van der Waals surface area (Å²) in [4.78, 5) is 11.5. The number of aldehydes is 1. The SMILES string of the molecule is O=CC1C(=Cc2cccc(C(F)(F)F)c2)CCc2ccccc21. The minimum absolute atomic E-state index is 0.380. The van der Waals surface area contributed by atoms with Crippen LogP contribution in [0.15, 0.2) is 54.1 Å². The van der Waals surface area contributed by atoms with Gasteiger partial charge in [-0.05, 0) is 41.7 Å². The molecule has 2 aromatic rings. The third-order valence-corrected chi connectivity index (χ3v) is 4.17. The Balaban J connectivity index is 1.99. The van der Waals surface area contributed by atoms with Crippen molar-refractivity contribution >= 4 is 12.4 Å². The van der Waals surface area contributed by atoms with Crippen LogP contribution in [-0.2, 0) is 17.4 Å². The molecule has 1 aliphatic rings. The summed E-state index contributed by atoms with van der Waals surface area (Å²) in [6, 6.07) is 12.9. The Morgan fingerprint density at radius 3 is 2.52 bits per heavy atom. The van der Waals surface area contributed by atoms with E-state index in [1.807, 2.05) is 24.3 Å². The van der Waals surface area contributed by atoms with E-state index in [0.717, 1.165) is 41.5 Å². The van der Waals surface area contributed by atoms with Crippen LogP contribution in [-0.4, -0.2) is 6.29 Å². The highest BCUT2D eigenvalue weighted by Gasteiger charge is 2.30. The number of hydrogen-bond acceptors (Lipinski definition) is 1. The Hall–Kier alpha value is -2.36. The lowest BCUT2D eigenvalue weighted by Crippen LogP contribution is -2.13. The zero-order valence-electron chi connectivity index (χ0n) is 12.3. The molecule has 0 radical (unpaired) electrons. The fraction of sp³-hybridized carbons (Fsp3) is 0.211. The Morgan fingerprint density at radius 1 is 1.00 bits per heavy atom. The number of halogens is 3. The van der Waals surface area contributed by atoms with Gasteiger partial charge in [-0.1, -0.05) is 48.0 Å². The van der Waals surface area contributed by atoms with Gasteiger partial charge in [0.2, 0.25) is 0 Å². The Labute approximate surface area is 132 Å². The predicted octanol–water partition coefficient (Wildman–Crippen LogP) is 5.02. The van der Waals surface area contributed by atoms with Crippen molar-refractivity contribution < 1.29 is 18.0 Å². The van der Waals surface area contributed by atoms with Crippen LogP contribution in [0.4, 0.5) is 13.2 Å². The minimum Gasteiger partial charge on any atom is -0.302 e. The second-order valence-corrected chi connectivity index (χ2v) is 5.66. The molecule has 0 aromatic heterocycles. The molecule has 0 amide bonds. The van der Waals surface area contributed by atoms with E-state index in [9.17, 15) is 18.0 Å². The van der Waals surface area contributed by atoms with Gasteiger partial charge in [0.25, 0.3) is 0 Å². The molecule has 4 heteroatoms. The summed E-state index contributed by atoms with van der Waals surface area (Å²) >= 11 is 0. The zero-order valence-corrected chi connectivity index (χ0v) is 12.3. The van der Waals surface area contributed by atoms with Crippen molar-refractivity contribution in [2.24, 2.45) is 0 Å². The molecule has 1 nitrogen and oxygen atoms in total. The van der Waals surface area contributed by atoms with E-state index in [2.05, 4.69) is 0 Å². The molecule has 1 aliphatic carbocycles. The van der Waals surface area contributed by atoms with Gasteiger partial charge < -0.3 is 4.79 Å². The number of rotatable bonds is 2. The highest BCUT2D eigenvalue weighted by Crippen LogP contribution is 2.36. The molecule has 0 heterocycles. The van der Waals surface area contributed by atoms with Crippen molar-refractivity contribution in [3.8, 4) is 0 Å². The number of fused-ring (bicyclic) bond motifs is 1. The van der Waals surface area contributed by atoms with Gasteiger partial charge in [-0.3, -0.25) is 0 Å². The molecule has 0 aliphatic heterocycles. The molecule has 0 saturated heterocycles. The normalized spacial score (nSPS) is 19.4. The van der Waals surface area contributed by atoms with Crippen molar-refractivity contribution in [2.45, 2.75) is 24.9 Å². The Morgan fingerprint density at radius 2 is 1.78 bits per heavy atom. The van der Waals surface area contributed by atoms with Gasteiger partial charge in [0.1, 0.15) is 6.29 Å². The van der Waals surface area contributed by atoms with Gasteiger partial charge in [-0.15, -0.1) is 0 Å². The number of benzene rings is 2. The monoisotopic (exact) mass is 316 g/mol. The maximum atomic E-state index is 12.8. The lowest BCUT2D eigenvalue weighted by atomic mass is 9.79. The molecule has 1 atom stereocenters. The minimum atomic E-state index is -4.36. The molecule has 23 heavy (non-hydrogen) atoms. The van der Waals surface area contributed by atoms with E-state index in [0.29, 0.717) is 12.0 Å². The summed E-state index contributed by atoms with van der Waals surface area (Å²) in [5, 5.41) is 0. The third kappa shape index (κ3) is 3.21. The van der Waals surface area contributed by atoms with Crippen LogP contribution in [0.1, 0.15) is 34.6 Å².